The highest BCUT2D eigenvalue weighted by molar-refractivity contribution is 9.10. The lowest BCUT2D eigenvalue weighted by atomic mass is 10.1. The number of fused-ring (bicyclic) bond motifs is 1. The third-order valence-electron chi connectivity index (χ3n) is 2.74. The molecule has 0 bridgehead atoms. The lowest BCUT2D eigenvalue weighted by Crippen LogP contribution is -2.04. The van der Waals surface area contributed by atoms with Gasteiger partial charge in [0.2, 0.25) is 0 Å². The van der Waals surface area contributed by atoms with Crippen LogP contribution in [0.25, 0.3) is 10.9 Å². The summed E-state index contributed by atoms with van der Waals surface area (Å²) >= 11 is 3.41. The van der Waals surface area contributed by atoms with E-state index in [1.807, 2.05) is 11.6 Å². The van der Waals surface area contributed by atoms with Crippen LogP contribution in [0.5, 0.6) is 0 Å². The number of ether oxygens (including phenoxy) is 1. The molecule has 1 heterocycles. The van der Waals surface area contributed by atoms with Gasteiger partial charge in [0.05, 0.1) is 18.1 Å². The Morgan fingerprint density at radius 3 is 2.88 bits per heavy atom. The van der Waals surface area contributed by atoms with Crippen molar-refractivity contribution in [2.45, 2.75) is 6.42 Å². The molecule has 0 unspecified atom stereocenters. The first-order chi connectivity index (χ1) is 8.04. The van der Waals surface area contributed by atoms with Gasteiger partial charge in [0.25, 0.3) is 0 Å². The molecule has 0 saturated heterocycles. The van der Waals surface area contributed by atoms with E-state index in [2.05, 4.69) is 20.7 Å². The van der Waals surface area contributed by atoms with Crippen LogP contribution in [0.2, 0.25) is 0 Å². The normalized spacial score (nSPS) is 10.8. The van der Waals surface area contributed by atoms with Gasteiger partial charge in [-0.3, -0.25) is 4.79 Å². The molecule has 0 N–H and O–H groups in total. The third-order valence-corrected chi connectivity index (χ3v) is 3.75. The minimum absolute atomic E-state index is 0.123. The number of rotatable bonds is 2. The van der Waals surface area contributed by atoms with Gasteiger partial charge in [-0.25, -0.2) is 4.39 Å². The van der Waals surface area contributed by atoms with Crippen LogP contribution < -0.4 is 0 Å². The van der Waals surface area contributed by atoms with Crippen LogP contribution in [0.3, 0.4) is 0 Å². The van der Waals surface area contributed by atoms with E-state index in [4.69, 9.17) is 0 Å². The van der Waals surface area contributed by atoms with Crippen molar-refractivity contribution >= 4 is 32.8 Å². The van der Waals surface area contributed by atoms with Gasteiger partial charge < -0.3 is 9.30 Å². The monoisotopic (exact) mass is 299 g/mol. The van der Waals surface area contributed by atoms with Gasteiger partial charge in [0, 0.05) is 23.5 Å². The van der Waals surface area contributed by atoms with E-state index < -0.39 is 0 Å². The molecule has 1 aromatic heterocycles. The van der Waals surface area contributed by atoms with Crippen molar-refractivity contribution in [3.05, 3.63) is 34.2 Å². The number of halogens is 2. The Labute approximate surface area is 106 Å². The van der Waals surface area contributed by atoms with E-state index in [0.29, 0.717) is 0 Å². The number of benzene rings is 1. The summed E-state index contributed by atoms with van der Waals surface area (Å²) in [5, 5.41) is 0.727. The van der Waals surface area contributed by atoms with Crippen LogP contribution in [0.15, 0.2) is 22.8 Å². The van der Waals surface area contributed by atoms with E-state index in [1.54, 1.807) is 6.07 Å². The number of carbonyl (C=O) groups excluding carboxylic acids is 1. The van der Waals surface area contributed by atoms with Gasteiger partial charge in [0.1, 0.15) is 5.82 Å². The molecule has 0 aliphatic carbocycles. The number of carbonyl (C=O) groups is 1. The van der Waals surface area contributed by atoms with Crippen molar-refractivity contribution in [2.75, 3.05) is 7.11 Å². The predicted molar refractivity (Wildman–Crippen MR) is 66.3 cm³/mol. The van der Waals surface area contributed by atoms with Crippen molar-refractivity contribution in [3.8, 4) is 0 Å². The van der Waals surface area contributed by atoms with Crippen molar-refractivity contribution < 1.29 is 13.9 Å². The van der Waals surface area contributed by atoms with Gasteiger partial charge in [-0.2, -0.15) is 0 Å². The van der Waals surface area contributed by atoms with Gasteiger partial charge in [-0.05, 0) is 34.1 Å². The minimum Gasteiger partial charge on any atom is -0.469 e. The zero-order valence-electron chi connectivity index (χ0n) is 9.46. The molecule has 0 spiro atoms. The molecule has 90 valence electrons. The average Bonchev–Trinajstić information content (AvgIpc) is 2.54. The smallest absolute Gasteiger partial charge is 0.310 e. The molecule has 1 aromatic carbocycles. The quantitative estimate of drug-likeness (QED) is 0.799. The number of esters is 1. The second-order valence-electron chi connectivity index (χ2n) is 3.74. The third kappa shape index (κ3) is 2.07. The van der Waals surface area contributed by atoms with Gasteiger partial charge in [-0.1, -0.05) is 0 Å². The highest BCUT2D eigenvalue weighted by Gasteiger charge is 2.16. The fourth-order valence-electron chi connectivity index (χ4n) is 1.85. The molecular formula is C12H11BrFNO2. The summed E-state index contributed by atoms with van der Waals surface area (Å²) in [5.41, 5.74) is 1.62. The van der Waals surface area contributed by atoms with Gasteiger partial charge in [0.15, 0.2) is 0 Å². The van der Waals surface area contributed by atoms with Crippen molar-refractivity contribution in [3.63, 3.8) is 0 Å². The summed E-state index contributed by atoms with van der Waals surface area (Å²) in [6, 6.07) is 4.52. The second-order valence-corrected chi connectivity index (χ2v) is 4.49. The molecule has 3 nitrogen and oxygen atoms in total. The first kappa shape index (κ1) is 12.1. The fraction of sp³-hybridized carbons (Fsp3) is 0.250. The highest BCUT2D eigenvalue weighted by Crippen LogP contribution is 2.30. The van der Waals surface area contributed by atoms with E-state index >= 15 is 0 Å². The Morgan fingerprint density at radius 1 is 1.53 bits per heavy atom. The van der Waals surface area contributed by atoms with Crippen LogP contribution in [0.4, 0.5) is 4.39 Å². The Bertz CT molecular complexity index is 592. The molecule has 0 aliphatic rings. The van der Waals surface area contributed by atoms with Crippen LogP contribution in [-0.2, 0) is 23.0 Å². The Balaban J connectivity index is 2.64. The Kier molecular flexibility index (Phi) is 3.19. The predicted octanol–water partition coefficient (Wildman–Crippen LogP) is 2.80. The molecular weight excluding hydrogens is 289 g/mol. The number of hydrogen-bond donors (Lipinski definition) is 0. The zero-order chi connectivity index (χ0) is 12.6. The molecule has 0 amide bonds. The maximum Gasteiger partial charge on any atom is 0.310 e. The first-order valence-corrected chi connectivity index (χ1v) is 5.83. The summed E-state index contributed by atoms with van der Waals surface area (Å²) in [7, 11) is 3.19. The first-order valence-electron chi connectivity index (χ1n) is 5.03. The summed E-state index contributed by atoms with van der Waals surface area (Å²) in [6.07, 6.45) is 0.123. The van der Waals surface area contributed by atoms with Gasteiger partial charge >= 0.3 is 5.97 Å². The maximum absolute atomic E-state index is 13.2. The molecule has 2 rings (SSSR count). The standard InChI is InChI=1S/C12H11BrFNO2/c1-15-10-4-3-7(14)5-8(10)9(12(15)13)6-11(16)17-2/h3-5H,6H2,1-2H3. The molecule has 0 radical (unpaired) electrons. The maximum atomic E-state index is 13.2. The van der Waals surface area contributed by atoms with Crippen LogP contribution >= 0.6 is 15.9 Å². The van der Waals surface area contributed by atoms with E-state index in [9.17, 15) is 9.18 Å². The van der Waals surface area contributed by atoms with E-state index in [1.165, 1.54) is 19.2 Å². The fourth-order valence-corrected chi connectivity index (χ4v) is 2.39. The lowest BCUT2D eigenvalue weighted by Gasteiger charge is -1.99. The summed E-state index contributed by atoms with van der Waals surface area (Å²) in [4.78, 5) is 11.3. The van der Waals surface area contributed by atoms with E-state index in [-0.39, 0.29) is 18.2 Å². The number of nitrogens with zero attached hydrogens (tertiary/aromatic N) is 1. The summed E-state index contributed by atoms with van der Waals surface area (Å²) < 4.78 is 20.5. The Hall–Kier alpha value is -1.36. The molecule has 0 saturated carbocycles. The largest absolute Gasteiger partial charge is 0.469 e. The minimum atomic E-state index is -0.345. The van der Waals surface area contributed by atoms with Crippen molar-refractivity contribution in [1.82, 2.24) is 4.57 Å². The zero-order valence-corrected chi connectivity index (χ0v) is 11.0. The topological polar surface area (TPSA) is 31.2 Å². The number of hydrogen-bond acceptors (Lipinski definition) is 2. The summed E-state index contributed by atoms with van der Waals surface area (Å²) in [5.74, 6) is -0.663. The van der Waals surface area contributed by atoms with Crippen molar-refractivity contribution in [2.24, 2.45) is 7.05 Å². The van der Waals surface area contributed by atoms with Crippen LogP contribution in [0, 0.1) is 5.82 Å². The van der Waals surface area contributed by atoms with Gasteiger partial charge in [-0.15, -0.1) is 0 Å². The van der Waals surface area contributed by atoms with Crippen LogP contribution in [0.1, 0.15) is 5.56 Å². The molecule has 0 aliphatic heterocycles. The molecule has 0 atom stereocenters. The van der Waals surface area contributed by atoms with Crippen molar-refractivity contribution in [1.29, 1.82) is 0 Å². The molecule has 0 fully saturated rings. The average molecular weight is 300 g/mol. The number of methoxy groups -OCH3 is 1. The van der Waals surface area contributed by atoms with Crippen LogP contribution in [-0.4, -0.2) is 17.6 Å². The number of aryl methyl sites for hydroxylation is 1. The Morgan fingerprint density at radius 2 is 2.24 bits per heavy atom. The highest BCUT2D eigenvalue weighted by atomic mass is 79.9. The van der Waals surface area contributed by atoms with E-state index in [0.717, 1.165) is 21.1 Å². The lowest BCUT2D eigenvalue weighted by molar-refractivity contribution is -0.139. The SMILES string of the molecule is COC(=O)Cc1c(Br)n(C)c2ccc(F)cc12. The summed E-state index contributed by atoms with van der Waals surface area (Å²) in [6.45, 7) is 0. The molecule has 2 aromatic rings. The number of aromatic nitrogens is 1. The molecule has 17 heavy (non-hydrogen) atoms. The second kappa shape index (κ2) is 4.49. The molecule has 5 heteroatoms.